The molecule has 1 amide bonds. The zero-order chi connectivity index (χ0) is 19.5. The highest BCUT2D eigenvalue weighted by molar-refractivity contribution is 9.10. The number of carbonyl (C=O) groups is 1. The molecule has 7 nitrogen and oxygen atoms in total. The monoisotopic (exact) mass is 475 g/mol. The minimum Gasteiger partial charge on any atom is -0.446 e. The van der Waals surface area contributed by atoms with Gasteiger partial charge in [0, 0.05) is 18.0 Å². The molecule has 0 spiro atoms. The predicted molar refractivity (Wildman–Crippen MR) is 113 cm³/mol. The van der Waals surface area contributed by atoms with Crippen LogP contribution in [0.25, 0.3) is 22.8 Å². The number of amides is 1. The van der Waals surface area contributed by atoms with Gasteiger partial charge in [0.15, 0.2) is 26.5 Å². The van der Waals surface area contributed by atoms with Gasteiger partial charge in [-0.25, -0.2) is 4.98 Å². The molecule has 0 fully saturated rings. The zero-order valence-electron chi connectivity index (χ0n) is 14.6. The fourth-order valence-corrected chi connectivity index (χ4v) is 4.20. The number of benzene rings is 1. The molecule has 1 N–H and O–H groups in total. The first kappa shape index (κ1) is 18.9. The molecule has 0 aliphatic rings. The molecular formula is C18H14BrN5O2S2. The average molecular weight is 476 g/mol. The van der Waals surface area contributed by atoms with Gasteiger partial charge in [-0.05, 0) is 28.1 Å². The van der Waals surface area contributed by atoms with Gasteiger partial charge in [0.05, 0.1) is 11.4 Å². The van der Waals surface area contributed by atoms with Crippen molar-refractivity contribution in [3.05, 3.63) is 52.5 Å². The lowest BCUT2D eigenvalue weighted by molar-refractivity contribution is -0.113. The first-order chi connectivity index (χ1) is 13.6. The number of thioether (sulfide) groups is 1. The summed E-state index contributed by atoms with van der Waals surface area (Å²) in [7, 11) is 1.83. The van der Waals surface area contributed by atoms with Crippen LogP contribution in [0.2, 0.25) is 0 Å². The van der Waals surface area contributed by atoms with Crippen molar-refractivity contribution in [2.24, 2.45) is 7.05 Å². The number of anilines is 1. The van der Waals surface area contributed by atoms with E-state index in [2.05, 4.69) is 36.4 Å². The van der Waals surface area contributed by atoms with Gasteiger partial charge >= 0.3 is 0 Å². The van der Waals surface area contributed by atoms with Crippen molar-refractivity contribution in [3.8, 4) is 22.8 Å². The number of furan rings is 1. The third kappa shape index (κ3) is 4.18. The molecule has 0 radical (unpaired) electrons. The van der Waals surface area contributed by atoms with Crippen molar-refractivity contribution in [1.82, 2.24) is 19.7 Å². The number of aromatic nitrogens is 4. The van der Waals surface area contributed by atoms with E-state index in [4.69, 9.17) is 4.42 Å². The van der Waals surface area contributed by atoms with E-state index >= 15 is 0 Å². The quantitative estimate of drug-likeness (QED) is 0.407. The second kappa shape index (κ2) is 8.29. The Hall–Kier alpha value is -2.43. The molecule has 0 bridgehead atoms. The Morgan fingerprint density at radius 1 is 1.25 bits per heavy atom. The van der Waals surface area contributed by atoms with Crippen LogP contribution in [0.5, 0.6) is 0 Å². The van der Waals surface area contributed by atoms with Crippen molar-refractivity contribution in [1.29, 1.82) is 0 Å². The number of nitrogens with one attached hydrogen (secondary N) is 1. The molecule has 4 rings (SSSR count). The van der Waals surface area contributed by atoms with Crippen molar-refractivity contribution in [3.63, 3.8) is 0 Å². The van der Waals surface area contributed by atoms with Crippen molar-refractivity contribution in [2.45, 2.75) is 5.16 Å². The number of hydrogen-bond acceptors (Lipinski definition) is 7. The first-order valence-electron chi connectivity index (χ1n) is 8.19. The molecule has 0 aliphatic heterocycles. The van der Waals surface area contributed by atoms with Crippen LogP contribution in [0.1, 0.15) is 0 Å². The van der Waals surface area contributed by atoms with E-state index in [0.717, 1.165) is 11.3 Å². The topological polar surface area (TPSA) is 85.8 Å². The maximum absolute atomic E-state index is 12.3. The molecule has 4 aromatic rings. The Labute approximate surface area is 177 Å². The number of hydrogen-bond donors (Lipinski definition) is 1. The summed E-state index contributed by atoms with van der Waals surface area (Å²) in [4.78, 5) is 16.7. The lowest BCUT2D eigenvalue weighted by Crippen LogP contribution is -2.14. The number of halogens is 1. The van der Waals surface area contributed by atoms with Crippen LogP contribution in [0.4, 0.5) is 5.13 Å². The number of rotatable bonds is 6. The molecule has 0 aliphatic carbocycles. The Morgan fingerprint density at radius 3 is 2.82 bits per heavy atom. The van der Waals surface area contributed by atoms with Crippen LogP contribution in [0.15, 0.2) is 62.1 Å². The summed E-state index contributed by atoms with van der Waals surface area (Å²) in [5, 5.41) is 14.2. The Kier molecular flexibility index (Phi) is 5.60. The second-order valence-electron chi connectivity index (χ2n) is 5.71. The van der Waals surface area contributed by atoms with E-state index in [9.17, 15) is 4.79 Å². The molecule has 1 aromatic carbocycles. The minimum absolute atomic E-state index is 0.149. The van der Waals surface area contributed by atoms with Crippen LogP contribution < -0.4 is 5.32 Å². The maximum Gasteiger partial charge on any atom is 0.236 e. The molecule has 0 unspecified atom stereocenters. The van der Waals surface area contributed by atoms with Gasteiger partial charge in [0.2, 0.25) is 5.91 Å². The Bertz CT molecular complexity index is 1110. The van der Waals surface area contributed by atoms with Gasteiger partial charge in [-0.2, -0.15) is 0 Å². The molecule has 0 atom stereocenters. The summed E-state index contributed by atoms with van der Waals surface area (Å²) >= 11 is 5.97. The normalized spacial score (nSPS) is 10.9. The summed E-state index contributed by atoms with van der Waals surface area (Å²) in [5.74, 6) is 1.26. The van der Waals surface area contributed by atoms with E-state index in [1.807, 2.05) is 48.8 Å². The van der Waals surface area contributed by atoms with Crippen molar-refractivity contribution in [2.75, 3.05) is 11.1 Å². The molecule has 3 heterocycles. The van der Waals surface area contributed by atoms with Crippen LogP contribution in [-0.2, 0) is 11.8 Å². The SMILES string of the molecule is Cn1c(SCC(=O)Nc2nc(-c3ccccc3)cs2)nnc1-c1ccc(Br)o1. The van der Waals surface area contributed by atoms with Gasteiger partial charge in [0.1, 0.15) is 0 Å². The highest BCUT2D eigenvalue weighted by atomic mass is 79.9. The maximum atomic E-state index is 12.3. The molecule has 0 saturated heterocycles. The lowest BCUT2D eigenvalue weighted by atomic mass is 10.2. The van der Waals surface area contributed by atoms with Crippen molar-refractivity contribution < 1.29 is 9.21 Å². The van der Waals surface area contributed by atoms with E-state index in [0.29, 0.717) is 26.5 Å². The van der Waals surface area contributed by atoms with E-state index in [-0.39, 0.29) is 11.7 Å². The van der Waals surface area contributed by atoms with Gasteiger partial charge in [0.25, 0.3) is 0 Å². The minimum atomic E-state index is -0.149. The number of carbonyl (C=O) groups excluding carboxylic acids is 1. The van der Waals surface area contributed by atoms with E-state index < -0.39 is 0 Å². The lowest BCUT2D eigenvalue weighted by Gasteiger charge is -2.03. The highest BCUT2D eigenvalue weighted by Crippen LogP contribution is 2.27. The molecular weight excluding hydrogens is 462 g/mol. The third-order valence-corrected chi connectivity index (χ3v) is 5.99. The largest absolute Gasteiger partial charge is 0.446 e. The number of nitrogens with zero attached hydrogens (tertiary/aromatic N) is 4. The molecule has 10 heteroatoms. The van der Waals surface area contributed by atoms with Crippen molar-refractivity contribution >= 4 is 50.1 Å². The zero-order valence-corrected chi connectivity index (χ0v) is 17.8. The number of thiazole rings is 1. The van der Waals surface area contributed by atoms with Gasteiger partial charge < -0.3 is 14.3 Å². The summed E-state index contributed by atoms with van der Waals surface area (Å²) in [6.07, 6.45) is 0. The molecule has 0 saturated carbocycles. The van der Waals surface area contributed by atoms with Crippen LogP contribution >= 0.6 is 39.0 Å². The Morgan fingerprint density at radius 2 is 2.07 bits per heavy atom. The first-order valence-corrected chi connectivity index (χ1v) is 10.8. The fourth-order valence-electron chi connectivity index (χ4n) is 2.45. The smallest absolute Gasteiger partial charge is 0.236 e. The Balaban J connectivity index is 1.36. The van der Waals surface area contributed by atoms with Crippen LogP contribution in [0, 0.1) is 0 Å². The fraction of sp³-hybridized carbons (Fsp3) is 0.111. The average Bonchev–Trinajstić information content (AvgIpc) is 3.41. The second-order valence-corrected chi connectivity index (χ2v) is 8.29. The summed E-state index contributed by atoms with van der Waals surface area (Å²) in [6.45, 7) is 0. The third-order valence-electron chi connectivity index (χ3n) is 3.78. The summed E-state index contributed by atoms with van der Waals surface area (Å²) < 4.78 is 7.92. The van der Waals surface area contributed by atoms with E-state index in [1.165, 1.54) is 23.1 Å². The standard InChI is InChI=1S/C18H14BrN5O2S2/c1-24-16(13-7-8-14(19)26-13)22-23-18(24)28-10-15(25)21-17-20-12(9-27-17)11-5-3-2-4-6-11/h2-9H,10H2,1H3,(H,20,21,25). The summed E-state index contributed by atoms with van der Waals surface area (Å²) in [6, 6.07) is 13.4. The predicted octanol–water partition coefficient (Wildman–Crippen LogP) is 4.69. The van der Waals surface area contributed by atoms with Gasteiger partial charge in [-0.1, -0.05) is 42.1 Å². The van der Waals surface area contributed by atoms with Crippen LogP contribution in [-0.4, -0.2) is 31.4 Å². The highest BCUT2D eigenvalue weighted by Gasteiger charge is 2.16. The molecule has 3 aromatic heterocycles. The van der Waals surface area contributed by atoms with Gasteiger partial charge in [-0.15, -0.1) is 21.5 Å². The molecule has 28 heavy (non-hydrogen) atoms. The van der Waals surface area contributed by atoms with Gasteiger partial charge in [-0.3, -0.25) is 4.79 Å². The van der Waals surface area contributed by atoms with Crippen LogP contribution in [0.3, 0.4) is 0 Å². The van der Waals surface area contributed by atoms with E-state index in [1.54, 1.807) is 10.6 Å². The molecule has 142 valence electrons. The summed E-state index contributed by atoms with van der Waals surface area (Å²) in [5.41, 5.74) is 1.86.